The van der Waals surface area contributed by atoms with Crippen LogP contribution in [0.1, 0.15) is 47.0 Å². The Hall–Kier alpha value is -2.86. The summed E-state index contributed by atoms with van der Waals surface area (Å²) in [5.74, 6) is 1.41. The average Bonchev–Trinajstić information content (AvgIpc) is 3.37. The summed E-state index contributed by atoms with van der Waals surface area (Å²) >= 11 is 1.31. The van der Waals surface area contributed by atoms with E-state index in [1.807, 2.05) is 26.8 Å². The van der Waals surface area contributed by atoms with Gasteiger partial charge < -0.3 is 31.2 Å². The first kappa shape index (κ1) is 25.8. The third-order valence-corrected chi connectivity index (χ3v) is 8.11. The molecule has 1 aliphatic carbocycles. The fraction of sp³-hybridized carbons (Fsp3) is 0.538. The average molecular weight is 526 g/mol. The maximum atomic E-state index is 13.0. The van der Waals surface area contributed by atoms with Crippen molar-refractivity contribution >= 4 is 39.0 Å². The number of rotatable bonds is 7. The lowest BCUT2D eigenvalue weighted by Crippen LogP contribution is -2.43. The number of anilines is 2. The van der Waals surface area contributed by atoms with Crippen LogP contribution in [-0.2, 0) is 22.3 Å². The van der Waals surface area contributed by atoms with Crippen LogP contribution in [0.2, 0.25) is 0 Å². The molecule has 1 saturated heterocycles. The summed E-state index contributed by atoms with van der Waals surface area (Å²) in [6.45, 7) is 7.75. The van der Waals surface area contributed by atoms with Gasteiger partial charge in [-0.1, -0.05) is 6.07 Å². The van der Waals surface area contributed by atoms with Crippen LogP contribution >= 0.6 is 11.3 Å². The topological polar surface area (TPSA) is 142 Å². The molecule has 37 heavy (non-hydrogen) atoms. The zero-order valence-corrected chi connectivity index (χ0v) is 22.6. The number of hydrogen-bond acceptors (Lipinski definition) is 10. The second kappa shape index (κ2) is 10.1. The Labute approximate surface area is 220 Å². The molecule has 198 valence electrons. The van der Waals surface area contributed by atoms with Gasteiger partial charge in [-0.2, -0.15) is 0 Å². The third-order valence-electron chi connectivity index (χ3n) is 6.99. The molecule has 1 fully saturated rings. The van der Waals surface area contributed by atoms with E-state index in [1.54, 1.807) is 13.3 Å². The molecule has 5 rings (SSSR count). The van der Waals surface area contributed by atoms with Crippen LogP contribution in [0.5, 0.6) is 0 Å². The van der Waals surface area contributed by atoms with Crippen LogP contribution < -0.4 is 21.7 Å². The fourth-order valence-electron chi connectivity index (χ4n) is 5.21. The van der Waals surface area contributed by atoms with Gasteiger partial charge in [0.05, 0.1) is 35.4 Å². The zero-order chi connectivity index (χ0) is 26.3. The van der Waals surface area contributed by atoms with Crippen LogP contribution in [0.3, 0.4) is 0 Å². The van der Waals surface area contributed by atoms with Gasteiger partial charge in [-0.3, -0.25) is 4.79 Å². The van der Waals surface area contributed by atoms with Crippen LogP contribution in [0.4, 0.5) is 11.5 Å². The van der Waals surface area contributed by atoms with Gasteiger partial charge in [-0.15, -0.1) is 11.3 Å². The molecule has 2 aliphatic rings. The Balaban J connectivity index is 1.23. The molecule has 3 atom stereocenters. The molecule has 5 N–H and O–H groups in total. The Morgan fingerprint density at radius 3 is 2.89 bits per heavy atom. The Morgan fingerprint density at radius 2 is 2.11 bits per heavy atom. The number of amides is 1. The Bertz CT molecular complexity index is 1310. The summed E-state index contributed by atoms with van der Waals surface area (Å²) in [6.07, 6.45) is 3.94. The lowest BCUT2D eigenvalue weighted by molar-refractivity contribution is -0.102. The molecule has 0 spiro atoms. The van der Waals surface area contributed by atoms with Gasteiger partial charge in [0.15, 0.2) is 0 Å². The van der Waals surface area contributed by atoms with Crippen molar-refractivity contribution in [2.75, 3.05) is 37.4 Å². The van der Waals surface area contributed by atoms with Crippen molar-refractivity contribution in [3.8, 4) is 0 Å². The summed E-state index contributed by atoms with van der Waals surface area (Å²) in [5.41, 5.74) is 14.9. The number of aryl methyl sites for hydroxylation is 2. The predicted molar refractivity (Wildman–Crippen MR) is 145 cm³/mol. The van der Waals surface area contributed by atoms with Gasteiger partial charge in [0, 0.05) is 38.1 Å². The molecule has 1 amide bonds. The van der Waals surface area contributed by atoms with E-state index in [9.17, 15) is 4.79 Å². The van der Waals surface area contributed by atoms with Gasteiger partial charge in [0.2, 0.25) is 0 Å². The second-order valence-corrected chi connectivity index (χ2v) is 11.6. The SMILES string of the molecule is COCC(C)(C)OC1CN(c2ccc3c(n2)CCC(NC(=O)c2sc4nc(C)ncc4c2N)C3)CC1N. The highest BCUT2D eigenvalue weighted by molar-refractivity contribution is 7.21. The van der Waals surface area contributed by atoms with E-state index in [0.717, 1.165) is 46.6 Å². The van der Waals surface area contributed by atoms with E-state index < -0.39 is 5.60 Å². The first-order chi connectivity index (χ1) is 17.6. The molecular weight excluding hydrogens is 490 g/mol. The minimum atomic E-state index is -0.400. The molecule has 3 unspecified atom stereocenters. The summed E-state index contributed by atoms with van der Waals surface area (Å²) in [4.78, 5) is 30.0. The third kappa shape index (κ3) is 5.40. The smallest absolute Gasteiger partial charge is 0.263 e. The largest absolute Gasteiger partial charge is 0.397 e. The lowest BCUT2D eigenvalue weighted by atomic mass is 9.91. The molecule has 0 aromatic carbocycles. The number of methoxy groups -OCH3 is 1. The van der Waals surface area contributed by atoms with Crippen LogP contribution in [0.25, 0.3) is 10.2 Å². The Kier molecular flexibility index (Phi) is 7.06. The predicted octanol–water partition coefficient (Wildman–Crippen LogP) is 2.22. The van der Waals surface area contributed by atoms with Crippen LogP contribution in [-0.4, -0.2) is 71.5 Å². The number of fused-ring (bicyclic) bond motifs is 2. The highest BCUT2D eigenvalue weighted by Crippen LogP contribution is 2.32. The highest BCUT2D eigenvalue weighted by atomic mass is 32.1. The molecule has 3 aromatic heterocycles. The normalized spacial score (nSPS) is 21.9. The van der Waals surface area contributed by atoms with Gasteiger partial charge in [0.25, 0.3) is 5.91 Å². The van der Waals surface area contributed by atoms with Crippen molar-refractivity contribution in [3.05, 3.63) is 40.3 Å². The van der Waals surface area contributed by atoms with Gasteiger partial charge >= 0.3 is 0 Å². The summed E-state index contributed by atoms with van der Waals surface area (Å²) in [6, 6.07) is 4.09. The standard InChI is InChI=1S/C26H35N7O3S/c1-14-29-10-17-22(28)23(37-25(17)30-14)24(34)31-16-6-7-19-15(9-16)5-8-21(32-19)33-11-18(27)20(12-33)36-26(2,3)13-35-4/h5,8,10,16,18,20H,6-7,9,11-13,27-28H2,1-4H3,(H,31,34). The maximum Gasteiger partial charge on any atom is 0.263 e. The number of nitrogens with zero attached hydrogens (tertiary/aromatic N) is 4. The number of hydrogen-bond donors (Lipinski definition) is 3. The highest BCUT2D eigenvalue weighted by Gasteiger charge is 2.36. The number of nitrogens with one attached hydrogen (secondary N) is 1. The number of ether oxygens (including phenoxy) is 2. The molecule has 11 heteroatoms. The number of nitrogen functional groups attached to an aromatic ring is 1. The molecule has 4 heterocycles. The van der Waals surface area contributed by atoms with Crippen molar-refractivity contribution in [2.24, 2.45) is 5.73 Å². The van der Waals surface area contributed by atoms with Gasteiger partial charge in [0.1, 0.15) is 21.3 Å². The van der Waals surface area contributed by atoms with E-state index in [0.29, 0.717) is 36.1 Å². The summed E-state index contributed by atoms with van der Waals surface area (Å²) in [5, 5.41) is 3.89. The second-order valence-electron chi connectivity index (χ2n) is 10.6. The Morgan fingerprint density at radius 1 is 1.30 bits per heavy atom. The van der Waals surface area contributed by atoms with E-state index in [2.05, 4.69) is 26.3 Å². The molecular formula is C26H35N7O3S. The van der Waals surface area contributed by atoms with E-state index in [4.69, 9.17) is 25.9 Å². The maximum absolute atomic E-state index is 13.0. The van der Waals surface area contributed by atoms with Crippen LogP contribution in [0, 0.1) is 6.92 Å². The number of nitrogens with two attached hydrogens (primary N) is 2. The molecule has 1 aliphatic heterocycles. The lowest BCUT2D eigenvalue weighted by Gasteiger charge is -2.30. The molecule has 0 saturated carbocycles. The molecule has 0 radical (unpaired) electrons. The number of carbonyl (C=O) groups excluding carboxylic acids is 1. The summed E-state index contributed by atoms with van der Waals surface area (Å²) in [7, 11) is 1.68. The number of pyridine rings is 1. The number of thiophene rings is 1. The minimum Gasteiger partial charge on any atom is -0.397 e. The zero-order valence-electron chi connectivity index (χ0n) is 21.8. The monoisotopic (exact) mass is 525 g/mol. The first-order valence-corrected chi connectivity index (χ1v) is 13.4. The number of aromatic nitrogens is 3. The first-order valence-electron chi connectivity index (χ1n) is 12.6. The fourth-order valence-corrected chi connectivity index (χ4v) is 6.22. The van der Waals surface area contributed by atoms with Crippen LogP contribution in [0.15, 0.2) is 18.3 Å². The molecule has 3 aromatic rings. The van der Waals surface area contributed by atoms with Crippen molar-refractivity contribution in [1.82, 2.24) is 20.3 Å². The minimum absolute atomic E-state index is 0.0195. The van der Waals surface area contributed by atoms with Gasteiger partial charge in [-0.25, -0.2) is 15.0 Å². The van der Waals surface area contributed by atoms with Crippen molar-refractivity contribution < 1.29 is 14.3 Å². The van der Waals surface area contributed by atoms with Crippen molar-refractivity contribution in [3.63, 3.8) is 0 Å². The molecule has 0 bridgehead atoms. The van der Waals surface area contributed by atoms with E-state index in [-0.39, 0.29) is 24.1 Å². The quantitative estimate of drug-likeness (QED) is 0.423. The summed E-state index contributed by atoms with van der Waals surface area (Å²) < 4.78 is 11.5. The number of carbonyl (C=O) groups is 1. The van der Waals surface area contributed by atoms with Crippen molar-refractivity contribution in [2.45, 2.75) is 63.8 Å². The van der Waals surface area contributed by atoms with Crippen molar-refractivity contribution in [1.29, 1.82) is 0 Å². The van der Waals surface area contributed by atoms with Gasteiger partial charge in [-0.05, 0) is 51.7 Å². The van der Waals surface area contributed by atoms with E-state index in [1.165, 1.54) is 11.3 Å². The molecule has 10 nitrogen and oxygen atoms in total. The van der Waals surface area contributed by atoms with E-state index >= 15 is 0 Å².